The largest absolute Gasteiger partial charge is 0.309 e. The highest BCUT2D eigenvalue weighted by Crippen LogP contribution is 2.43. The molecule has 0 saturated carbocycles. The van der Waals surface area contributed by atoms with Gasteiger partial charge in [0, 0.05) is 32.9 Å². The summed E-state index contributed by atoms with van der Waals surface area (Å²) in [4.78, 5) is 0. The van der Waals surface area contributed by atoms with Gasteiger partial charge in [-0.2, -0.15) is 0 Å². The fraction of sp³-hybridized carbons (Fsp3) is 0. The molecule has 2 heteroatoms. The minimum Gasteiger partial charge on any atom is -0.309 e. The van der Waals surface area contributed by atoms with Crippen LogP contribution >= 0.6 is 0 Å². The quantitative estimate of drug-likeness (QED) is 0.185. The zero-order valence-electron chi connectivity index (χ0n) is 26.1. The first-order valence-corrected chi connectivity index (χ1v) is 16.6. The molecule has 0 unspecified atom stereocenters. The van der Waals surface area contributed by atoms with Gasteiger partial charge < -0.3 is 9.13 Å². The van der Waals surface area contributed by atoms with E-state index in [0.29, 0.717) is 0 Å². The van der Waals surface area contributed by atoms with Gasteiger partial charge in [0.2, 0.25) is 0 Å². The molecule has 0 atom stereocenters. The van der Waals surface area contributed by atoms with Crippen molar-refractivity contribution in [1.29, 1.82) is 0 Å². The van der Waals surface area contributed by atoms with Crippen LogP contribution in [0.2, 0.25) is 0 Å². The van der Waals surface area contributed by atoms with Gasteiger partial charge in [0.25, 0.3) is 0 Å². The van der Waals surface area contributed by atoms with E-state index in [4.69, 9.17) is 0 Å². The first-order valence-electron chi connectivity index (χ1n) is 16.6. The second kappa shape index (κ2) is 9.57. The monoisotopic (exact) mass is 608 g/mol. The van der Waals surface area contributed by atoms with Crippen molar-refractivity contribution in [1.82, 2.24) is 9.13 Å². The lowest BCUT2D eigenvalue weighted by atomic mass is 10.00. The maximum atomic E-state index is 2.48. The molecule has 11 rings (SSSR count). The molecule has 2 aromatic heterocycles. The molecule has 0 amide bonds. The summed E-state index contributed by atoms with van der Waals surface area (Å²) in [5.74, 6) is 0. The van der Waals surface area contributed by atoms with Gasteiger partial charge in [-0.1, -0.05) is 121 Å². The molecule has 0 radical (unpaired) electrons. The first-order chi connectivity index (χ1) is 23.8. The number of benzene rings is 9. The average Bonchev–Trinajstić information content (AvgIpc) is 3.68. The summed E-state index contributed by atoms with van der Waals surface area (Å²) in [5, 5.41) is 15.3. The minimum absolute atomic E-state index is 1.17. The lowest BCUT2D eigenvalue weighted by Crippen LogP contribution is -1.96. The Kier molecular flexibility index (Phi) is 5.14. The predicted molar refractivity (Wildman–Crippen MR) is 205 cm³/mol. The fourth-order valence-electron chi connectivity index (χ4n) is 8.34. The van der Waals surface area contributed by atoms with Crippen molar-refractivity contribution in [3.8, 4) is 11.4 Å². The van der Waals surface area contributed by atoms with E-state index in [-0.39, 0.29) is 0 Å². The molecule has 0 spiro atoms. The van der Waals surface area contributed by atoms with E-state index >= 15 is 0 Å². The summed E-state index contributed by atoms with van der Waals surface area (Å²) in [6.45, 7) is 0. The van der Waals surface area contributed by atoms with Gasteiger partial charge in [-0.3, -0.25) is 0 Å². The van der Waals surface area contributed by atoms with Crippen molar-refractivity contribution in [2.45, 2.75) is 0 Å². The van der Waals surface area contributed by atoms with Crippen molar-refractivity contribution in [2.75, 3.05) is 0 Å². The average molecular weight is 609 g/mol. The Hall–Kier alpha value is -6.38. The summed E-state index contributed by atoms with van der Waals surface area (Å²) < 4.78 is 4.92. The molecule has 9 aromatic carbocycles. The van der Waals surface area contributed by atoms with Crippen LogP contribution in [0.25, 0.3) is 98.1 Å². The van der Waals surface area contributed by atoms with Crippen molar-refractivity contribution in [3.05, 3.63) is 170 Å². The molecule has 11 aromatic rings. The van der Waals surface area contributed by atoms with Gasteiger partial charge in [-0.15, -0.1) is 0 Å². The molecule has 0 aliphatic heterocycles. The fourth-order valence-corrected chi connectivity index (χ4v) is 8.34. The van der Waals surface area contributed by atoms with Crippen LogP contribution in [-0.4, -0.2) is 9.13 Å². The summed E-state index contributed by atoms with van der Waals surface area (Å²) in [5.41, 5.74) is 7.21. The molecule has 222 valence electrons. The summed E-state index contributed by atoms with van der Waals surface area (Å²) >= 11 is 0. The third-order valence-corrected chi connectivity index (χ3v) is 10.4. The van der Waals surface area contributed by atoms with Crippen LogP contribution in [0.5, 0.6) is 0 Å². The van der Waals surface area contributed by atoms with Gasteiger partial charge in [0.05, 0.1) is 22.1 Å². The Morgan fingerprint density at radius 1 is 0.250 bits per heavy atom. The second-order valence-corrected chi connectivity index (χ2v) is 12.9. The zero-order chi connectivity index (χ0) is 31.3. The van der Waals surface area contributed by atoms with Crippen LogP contribution in [0.3, 0.4) is 0 Å². The van der Waals surface area contributed by atoms with Crippen LogP contribution in [0.4, 0.5) is 0 Å². The lowest BCUT2D eigenvalue weighted by Gasteiger charge is -2.11. The van der Waals surface area contributed by atoms with Crippen LogP contribution in [-0.2, 0) is 0 Å². The molecular weight excluding hydrogens is 581 g/mol. The van der Waals surface area contributed by atoms with E-state index in [0.717, 1.165) is 0 Å². The minimum atomic E-state index is 1.17. The number of fused-ring (bicyclic) bond motifs is 13. The van der Waals surface area contributed by atoms with Crippen LogP contribution in [0.15, 0.2) is 170 Å². The molecule has 0 aliphatic carbocycles. The normalized spacial score (nSPS) is 12.2. The van der Waals surface area contributed by atoms with E-state index in [1.54, 1.807) is 0 Å². The Bertz CT molecular complexity index is 3030. The van der Waals surface area contributed by atoms with Crippen molar-refractivity contribution in [3.63, 3.8) is 0 Å². The second-order valence-electron chi connectivity index (χ2n) is 12.9. The molecule has 48 heavy (non-hydrogen) atoms. The summed E-state index contributed by atoms with van der Waals surface area (Å²) in [6, 6.07) is 62.6. The van der Waals surface area contributed by atoms with E-state index in [9.17, 15) is 0 Å². The summed E-state index contributed by atoms with van der Waals surface area (Å²) in [6.07, 6.45) is 0. The van der Waals surface area contributed by atoms with Crippen LogP contribution in [0.1, 0.15) is 0 Å². The molecule has 0 fully saturated rings. The molecule has 2 nitrogen and oxygen atoms in total. The SMILES string of the molecule is c1ccc2cc(-n3c4ccc(-n5c6ccc7ccccc7c6c6c7ccccc7ccc65)cc4c4c5ccccc5ccc43)ccc2c1. The molecular formula is C46H28N2. The Morgan fingerprint density at radius 3 is 1.25 bits per heavy atom. The maximum absolute atomic E-state index is 2.48. The van der Waals surface area contributed by atoms with Gasteiger partial charge in [-0.05, 0) is 91.6 Å². The van der Waals surface area contributed by atoms with Crippen LogP contribution < -0.4 is 0 Å². The van der Waals surface area contributed by atoms with Gasteiger partial charge in [0.1, 0.15) is 0 Å². The van der Waals surface area contributed by atoms with Gasteiger partial charge >= 0.3 is 0 Å². The standard InChI is InChI=1S/C46H28N2/c1-2-13-33-27-34(21-17-29(33)9-1)47-40-26-22-35(28-39(40)44-36-14-6-3-10-30(36)18-23-41(44)47)48-42-24-19-31-11-4-7-15-37(31)45(42)46-38-16-8-5-12-32(38)20-25-43(46)48/h1-28H. The predicted octanol–water partition coefficient (Wildman–Crippen LogP) is 12.5. The van der Waals surface area contributed by atoms with E-state index < -0.39 is 0 Å². The van der Waals surface area contributed by atoms with Crippen LogP contribution in [0, 0.1) is 0 Å². The highest BCUT2D eigenvalue weighted by atomic mass is 15.0. The highest BCUT2D eigenvalue weighted by Gasteiger charge is 2.20. The highest BCUT2D eigenvalue weighted by molar-refractivity contribution is 6.29. The van der Waals surface area contributed by atoms with Gasteiger partial charge in [-0.25, -0.2) is 0 Å². The smallest absolute Gasteiger partial charge is 0.0547 e. The summed E-state index contributed by atoms with van der Waals surface area (Å²) in [7, 11) is 0. The number of hydrogen-bond acceptors (Lipinski definition) is 0. The van der Waals surface area contributed by atoms with Gasteiger partial charge in [0.15, 0.2) is 0 Å². The zero-order valence-corrected chi connectivity index (χ0v) is 26.1. The molecule has 0 saturated heterocycles. The molecule has 0 aliphatic rings. The van der Waals surface area contributed by atoms with E-state index in [1.807, 2.05) is 0 Å². The first kappa shape index (κ1) is 25.8. The Balaban J connectivity index is 1.29. The molecule has 0 N–H and O–H groups in total. The van der Waals surface area contributed by atoms with Crippen molar-refractivity contribution in [2.24, 2.45) is 0 Å². The third kappa shape index (κ3) is 3.46. The van der Waals surface area contributed by atoms with Crippen molar-refractivity contribution >= 4 is 86.7 Å². The Morgan fingerprint density at radius 2 is 0.646 bits per heavy atom. The maximum Gasteiger partial charge on any atom is 0.0547 e. The third-order valence-electron chi connectivity index (χ3n) is 10.4. The molecule has 2 heterocycles. The van der Waals surface area contributed by atoms with E-state index in [2.05, 4.69) is 179 Å². The number of aromatic nitrogens is 2. The topological polar surface area (TPSA) is 9.86 Å². The van der Waals surface area contributed by atoms with Crippen molar-refractivity contribution < 1.29 is 0 Å². The number of nitrogens with zero attached hydrogens (tertiary/aromatic N) is 2. The van der Waals surface area contributed by atoms with E-state index in [1.165, 1.54) is 98.1 Å². The lowest BCUT2D eigenvalue weighted by molar-refractivity contribution is 1.17. The number of rotatable bonds is 2. The molecule has 0 bridgehead atoms. The Labute approximate surface area is 276 Å². The number of hydrogen-bond donors (Lipinski definition) is 0.